The van der Waals surface area contributed by atoms with E-state index in [1.807, 2.05) is 6.07 Å². The molecule has 1 aromatic heterocycles. The Labute approximate surface area is 96.1 Å². The number of ether oxygens (including phenoxy) is 1. The van der Waals surface area contributed by atoms with Crippen molar-refractivity contribution in [1.29, 1.82) is 0 Å². The zero-order valence-electron chi connectivity index (χ0n) is 9.82. The van der Waals surface area contributed by atoms with E-state index in [-0.39, 0.29) is 0 Å². The van der Waals surface area contributed by atoms with E-state index in [0.717, 1.165) is 11.5 Å². The molecule has 1 fully saturated rings. The third-order valence-electron chi connectivity index (χ3n) is 3.29. The molecule has 1 saturated carbocycles. The lowest BCUT2D eigenvalue weighted by molar-refractivity contribution is -0.0235. The van der Waals surface area contributed by atoms with Crippen LogP contribution < -0.4 is 5.73 Å². The van der Waals surface area contributed by atoms with Crippen molar-refractivity contribution < 1.29 is 9.26 Å². The minimum atomic E-state index is 0.375. The Hall–Kier alpha value is -0.870. The summed E-state index contributed by atoms with van der Waals surface area (Å²) in [6, 6.07) is 1.87. The second-order valence-corrected chi connectivity index (χ2v) is 4.60. The second kappa shape index (κ2) is 5.46. The maximum Gasteiger partial charge on any atom is 0.162 e. The molecular weight excluding hydrogens is 204 g/mol. The van der Waals surface area contributed by atoms with Crippen LogP contribution in [0.3, 0.4) is 0 Å². The fourth-order valence-electron chi connectivity index (χ4n) is 2.24. The highest BCUT2D eigenvalue weighted by Gasteiger charge is 2.22. The number of hydrogen-bond donors (Lipinski definition) is 1. The van der Waals surface area contributed by atoms with Crippen molar-refractivity contribution >= 4 is 0 Å². The summed E-state index contributed by atoms with van der Waals surface area (Å²) in [5, 5.41) is 3.84. The highest BCUT2D eigenvalue weighted by molar-refractivity contribution is 5.03. The van der Waals surface area contributed by atoms with Crippen LogP contribution in [0.15, 0.2) is 10.6 Å². The van der Waals surface area contributed by atoms with Gasteiger partial charge >= 0.3 is 0 Å². The topological polar surface area (TPSA) is 61.3 Å². The first kappa shape index (κ1) is 11.6. The lowest BCUT2D eigenvalue weighted by Crippen LogP contribution is -2.25. The van der Waals surface area contributed by atoms with E-state index in [4.69, 9.17) is 15.0 Å². The van der Waals surface area contributed by atoms with Crippen molar-refractivity contribution in [3.05, 3.63) is 17.5 Å². The molecule has 90 valence electrons. The SMILES string of the molecule is CC1CCCCC1OCc1cc(CN)no1. The zero-order valence-corrected chi connectivity index (χ0v) is 9.82. The summed E-state index contributed by atoms with van der Waals surface area (Å²) in [6.07, 6.45) is 5.43. The molecule has 0 aliphatic heterocycles. The van der Waals surface area contributed by atoms with Gasteiger partial charge in [-0.2, -0.15) is 0 Å². The molecule has 2 N–H and O–H groups in total. The van der Waals surface area contributed by atoms with Gasteiger partial charge in [0.05, 0.1) is 11.8 Å². The fraction of sp³-hybridized carbons (Fsp3) is 0.750. The summed E-state index contributed by atoms with van der Waals surface area (Å²) in [4.78, 5) is 0. The van der Waals surface area contributed by atoms with Gasteiger partial charge in [0.25, 0.3) is 0 Å². The average molecular weight is 224 g/mol. The Bertz CT molecular complexity index is 325. The van der Waals surface area contributed by atoms with Gasteiger partial charge in [-0.15, -0.1) is 0 Å². The molecule has 0 spiro atoms. The molecule has 2 atom stereocenters. The van der Waals surface area contributed by atoms with Gasteiger partial charge in [-0.3, -0.25) is 0 Å². The number of aromatic nitrogens is 1. The Balaban J connectivity index is 1.81. The van der Waals surface area contributed by atoms with Gasteiger partial charge in [0.1, 0.15) is 6.61 Å². The third kappa shape index (κ3) is 2.83. The van der Waals surface area contributed by atoms with Crippen molar-refractivity contribution in [1.82, 2.24) is 5.16 Å². The minimum Gasteiger partial charge on any atom is -0.370 e. The van der Waals surface area contributed by atoms with Crippen molar-refractivity contribution in [2.45, 2.75) is 51.9 Å². The molecule has 2 rings (SSSR count). The van der Waals surface area contributed by atoms with Crippen LogP contribution in [0.5, 0.6) is 0 Å². The molecule has 4 heteroatoms. The van der Waals surface area contributed by atoms with E-state index in [1.165, 1.54) is 25.7 Å². The van der Waals surface area contributed by atoms with Crippen LogP contribution in [-0.4, -0.2) is 11.3 Å². The average Bonchev–Trinajstić information content (AvgIpc) is 2.76. The Kier molecular flexibility index (Phi) is 3.96. The summed E-state index contributed by atoms with van der Waals surface area (Å²) in [5.74, 6) is 1.43. The highest BCUT2D eigenvalue weighted by Crippen LogP contribution is 2.27. The number of hydrogen-bond acceptors (Lipinski definition) is 4. The van der Waals surface area contributed by atoms with E-state index in [9.17, 15) is 0 Å². The fourth-order valence-corrected chi connectivity index (χ4v) is 2.24. The molecular formula is C12H20N2O2. The van der Waals surface area contributed by atoms with Gasteiger partial charge < -0.3 is 15.0 Å². The van der Waals surface area contributed by atoms with Gasteiger partial charge in [-0.25, -0.2) is 0 Å². The second-order valence-electron chi connectivity index (χ2n) is 4.60. The number of nitrogens with two attached hydrogens (primary N) is 1. The number of rotatable bonds is 4. The third-order valence-corrected chi connectivity index (χ3v) is 3.29. The molecule has 0 saturated heterocycles. The first-order chi connectivity index (χ1) is 7.79. The smallest absolute Gasteiger partial charge is 0.162 e. The zero-order chi connectivity index (χ0) is 11.4. The van der Waals surface area contributed by atoms with Crippen LogP contribution in [0.1, 0.15) is 44.1 Å². The molecule has 0 radical (unpaired) electrons. The van der Waals surface area contributed by atoms with Gasteiger partial charge in [-0.1, -0.05) is 24.9 Å². The molecule has 4 nitrogen and oxygen atoms in total. The maximum atomic E-state index is 5.86. The highest BCUT2D eigenvalue weighted by atomic mass is 16.5. The lowest BCUT2D eigenvalue weighted by Gasteiger charge is -2.28. The minimum absolute atomic E-state index is 0.375. The van der Waals surface area contributed by atoms with Crippen LogP contribution in [0.4, 0.5) is 0 Å². The molecule has 1 aliphatic rings. The summed E-state index contributed by atoms with van der Waals surface area (Å²) >= 11 is 0. The van der Waals surface area contributed by atoms with Crippen molar-refractivity contribution in [3.8, 4) is 0 Å². The molecule has 16 heavy (non-hydrogen) atoms. The van der Waals surface area contributed by atoms with E-state index in [0.29, 0.717) is 25.2 Å². The van der Waals surface area contributed by atoms with E-state index < -0.39 is 0 Å². The molecule has 0 amide bonds. The van der Waals surface area contributed by atoms with Crippen molar-refractivity contribution in [2.24, 2.45) is 11.7 Å². The van der Waals surface area contributed by atoms with Gasteiger partial charge in [-0.05, 0) is 18.8 Å². The van der Waals surface area contributed by atoms with Crippen LogP contribution in [-0.2, 0) is 17.9 Å². The molecule has 1 aliphatic carbocycles. The van der Waals surface area contributed by atoms with Gasteiger partial charge in [0, 0.05) is 12.6 Å². The Morgan fingerprint density at radius 3 is 3.00 bits per heavy atom. The predicted octanol–water partition coefficient (Wildman–Crippen LogP) is 2.23. The molecule has 0 bridgehead atoms. The number of nitrogens with zero attached hydrogens (tertiary/aromatic N) is 1. The lowest BCUT2D eigenvalue weighted by atomic mass is 9.88. The summed E-state index contributed by atoms with van der Waals surface area (Å²) in [5.41, 5.74) is 6.25. The molecule has 0 aromatic carbocycles. The first-order valence-corrected chi connectivity index (χ1v) is 6.05. The Morgan fingerprint density at radius 2 is 2.31 bits per heavy atom. The quantitative estimate of drug-likeness (QED) is 0.852. The molecule has 1 heterocycles. The maximum absolute atomic E-state index is 5.86. The van der Waals surface area contributed by atoms with E-state index in [1.54, 1.807) is 0 Å². The summed E-state index contributed by atoms with van der Waals surface area (Å²) < 4.78 is 11.0. The van der Waals surface area contributed by atoms with E-state index >= 15 is 0 Å². The van der Waals surface area contributed by atoms with Crippen LogP contribution >= 0.6 is 0 Å². The van der Waals surface area contributed by atoms with Gasteiger partial charge in [0.15, 0.2) is 5.76 Å². The standard InChI is InChI=1S/C12H20N2O2/c1-9-4-2-3-5-12(9)15-8-11-6-10(7-13)14-16-11/h6,9,12H,2-5,7-8,13H2,1H3. The van der Waals surface area contributed by atoms with Crippen LogP contribution in [0.2, 0.25) is 0 Å². The van der Waals surface area contributed by atoms with Crippen molar-refractivity contribution in [2.75, 3.05) is 0 Å². The molecule has 1 aromatic rings. The van der Waals surface area contributed by atoms with Gasteiger partial charge in [0.2, 0.25) is 0 Å². The van der Waals surface area contributed by atoms with Crippen LogP contribution in [0, 0.1) is 5.92 Å². The van der Waals surface area contributed by atoms with Crippen molar-refractivity contribution in [3.63, 3.8) is 0 Å². The largest absolute Gasteiger partial charge is 0.370 e. The Morgan fingerprint density at radius 1 is 1.50 bits per heavy atom. The summed E-state index contributed by atoms with van der Waals surface area (Å²) in [6.45, 7) is 3.20. The van der Waals surface area contributed by atoms with E-state index in [2.05, 4.69) is 12.1 Å². The predicted molar refractivity (Wildman–Crippen MR) is 60.6 cm³/mol. The van der Waals surface area contributed by atoms with Crippen LogP contribution in [0.25, 0.3) is 0 Å². The summed E-state index contributed by atoms with van der Waals surface area (Å²) in [7, 11) is 0. The monoisotopic (exact) mass is 224 g/mol. The molecule has 2 unspecified atom stereocenters. The first-order valence-electron chi connectivity index (χ1n) is 6.05. The normalized spacial score (nSPS) is 25.9.